The number of rotatable bonds is 6. The molecule has 1 heterocycles. The zero-order valence-corrected chi connectivity index (χ0v) is 14.9. The first-order valence-electron chi connectivity index (χ1n) is 7.66. The second kappa shape index (κ2) is 6.02. The number of aliphatic hydroxyl groups is 1. The van der Waals surface area contributed by atoms with Gasteiger partial charge >= 0.3 is 0 Å². The smallest absolute Gasteiger partial charge is 0.240 e. The normalized spacial score (nSPS) is 17.9. The Morgan fingerprint density at radius 3 is 2.61 bits per heavy atom. The maximum Gasteiger partial charge on any atom is 0.240 e. The van der Waals surface area contributed by atoms with Crippen molar-refractivity contribution in [1.29, 1.82) is 0 Å². The Balaban J connectivity index is 1.83. The van der Waals surface area contributed by atoms with Crippen molar-refractivity contribution in [3.05, 3.63) is 51.7 Å². The topological polar surface area (TPSA) is 66.4 Å². The van der Waals surface area contributed by atoms with E-state index in [2.05, 4.69) is 4.72 Å². The zero-order chi connectivity index (χ0) is 16.7. The standard InChI is InChI=1S/C17H21NO3S2/c1-12-5-8-15(13(2)10-12)23(20,21)18-11-17(19,14-6-7-14)16-4-3-9-22-16/h3-5,8-10,14,18-19H,6-7,11H2,1-2H3. The lowest BCUT2D eigenvalue weighted by Gasteiger charge is -2.27. The Kier molecular flexibility index (Phi) is 4.35. The van der Waals surface area contributed by atoms with Gasteiger partial charge in [-0.1, -0.05) is 23.8 Å². The van der Waals surface area contributed by atoms with Crippen LogP contribution >= 0.6 is 11.3 Å². The van der Waals surface area contributed by atoms with Crippen molar-refractivity contribution in [1.82, 2.24) is 4.72 Å². The molecule has 0 bridgehead atoms. The third-order valence-electron chi connectivity index (χ3n) is 4.35. The summed E-state index contributed by atoms with van der Waals surface area (Å²) in [5.74, 6) is 0.128. The van der Waals surface area contributed by atoms with E-state index in [0.717, 1.165) is 23.3 Å². The minimum Gasteiger partial charge on any atom is -0.383 e. The first kappa shape index (κ1) is 16.6. The van der Waals surface area contributed by atoms with Crippen LogP contribution in [-0.2, 0) is 15.6 Å². The van der Waals surface area contributed by atoms with E-state index < -0.39 is 15.6 Å². The summed E-state index contributed by atoms with van der Waals surface area (Å²) in [6.45, 7) is 3.72. The quantitative estimate of drug-likeness (QED) is 0.841. The molecule has 1 aliphatic carbocycles. The van der Waals surface area contributed by atoms with Gasteiger partial charge in [0.1, 0.15) is 5.60 Å². The summed E-state index contributed by atoms with van der Waals surface area (Å²) < 4.78 is 27.8. The highest BCUT2D eigenvalue weighted by Gasteiger charge is 2.46. The molecule has 23 heavy (non-hydrogen) atoms. The zero-order valence-electron chi connectivity index (χ0n) is 13.2. The van der Waals surface area contributed by atoms with Gasteiger partial charge in [0.05, 0.1) is 4.90 Å². The number of hydrogen-bond donors (Lipinski definition) is 2. The molecule has 1 aliphatic rings. The van der Waals surface area contributed by atoms with Crippen molar-refractivity contribution < 1.29 is 13.5 Å². The Labute approximate surface area is 141 Å². The molecule has 1 fully saturated rings. The number of nitrogens with one attached hydrogen (secondary N) is 1. The average molecular weight is 351 g/mol. The molecule has 1 atom stereocenters. The van der Waals surface area contributed by atoms with Gasteiger partial charge in [-0.05, 0) is 55.7 Å². The highest BCUT2D eigenvalue weighted by atomic mass is 32.2. The van der Waals surface area contributed by atoms with Crippen LogP contribution in [0.25, 0.3) is 0 Å². The molecule has 0 saturated heterocycles. The molecule has 124 valence electrons. The van der Waals surface area contributed by atoms with E-state index in [-0.39, 0.29) is 17.4 Å². The van der Waals surface area contributed by atoms with Gasteiger partial charge in [0.2, 0.25) is 10.0 Å². The second-order valence-corrected chi connectivity index (χ2v) is 8.95. The molecule has 0 amide bonds. The van der Waals surface area contributed by atoms with Crippen molar-refractivity contribution in [2.45, 2.75) is 37.2 Å². The van der Waals surface area contributed by atoms with Crippen LogP contribution in [0.4, 0.5) is 0 Å². The van der Waals surface area contributed by atoms with Crippen LogP contribution in [0, 0.1) is 19.8 Å². The Bertz CT molecular complexity index is 795. The van der Waals surface area contributed by atoms with Gasteiger partial charge in [0, 0.05) is 11.4 Å². The fourth-order valence-corrected chi connectivity index (χ4v) is 5.10. The van der Waals surface area contributed by atoms with Gasteiger partial charge in [-0.15, -0.1) is 11.3 Å². The van der Waals surface area contributed by atoms with E-state index in [1.54, 1.807) is 19.1 Å². The fraction of sp³-hybridized carbons (Fsp3) is 0.412. The lowest BCUT2D eigenvalue weighted by molar-refractivity contribution is 0.0222. The molecular formula is C17H21NO3S2. The lowest BCUT2D eigenvalue weighted by Crippen LogP contribution is -2.42. The Hall–Kier alpha value is -1.21. The van der Waals surface area contributed by atoms with Crippen molar-refractivity contribution in [3.63, 3.8) is 0 Å². The number of hydrogen-bond acceptors (Lipinski definition) is 4. The van der Waals surface area contributed by atoms with E-state index >= 15 is 0 Å². The lowest BCUT2D eigenvalue weighted by atomic mass is 9.96. The van der Waals surface area contributed by atoms with Crippen LogP contribution in [0.2, 0.25) is 0 Å². The van der Waals surface area contributed by atoms with Crippen LogP contribution < -0.4 is 4.72 Å². The third-order valence-corrected chi connectivity index (χ3v) is 6.95. The molecule has 4 nitrogen and oxygen atoms in total. The number of thiophene rings is 1. The summed E-state index contributed by atoms with van der Waals surface area (Å²) >= 11 is 1.46. The van der Waals surface area contributed by atoms with Crippen LogP contribution in [0.1, 0.15) is 28.8 Å². The summed E-state index contributed by atoms with van der Waals surface area (Å²) in [5.41, 5.74) is 0.623. The van der Waals surface area contributed by atoms with Gasteiger partial charge in [-0.2, -0.15) is 0 Å². The van der Waals surface area contributed by atoms with Gasteiger partial charge in [0.25, 0.3) is 0 Å². The van der Waals surface area contributed by atoms with Crippen molar-refractivity contribution in [2.75, 3.05) is 6.54 Å². The van der Waals surface area contributed by atoms with E-state index in [4.69, 9.17) is 0 Å². The summed E-state index contributed by atoms with van der Waals surface area (Å²) in [7, 11) is -3.64. The molecular weight excluding hydrogens is 330 g/mol. The SMILES string of the molecule is Cc1ccc(S(=O)(=O)NCC(O)(c2cccs2)C2CC2)c(C)c1. The highest BCUT2D eigenvalue weighted by molar-refractivity contribution is 7.89. The van der Waals surface area contributed by atoms with Crippen LogP contribution in [0.15, 0.2) is 40.6 Å². The fourth-order valence-electron chi connectivity index (χ4n) is 2.90. The number of aryl methyl sites for hydroxylation is 2. The largest absolute Gasteiger partial charge is 0.383 e. The molecule has 1 saturated carbocycles. The van der Waals surface area contributed by atoms with Crippen molar-refractivity contribution in [2.24, 2.45) is 5.92 Å². The molecule has 0 radical (unpaired) electrons. The predicted molar refractivity (Wildman–Crippen MR) is 92.0 cm³/mol. The molecule has 1 aromatic carbocycles. The molecule has 3 rings (SSSR count). The Morgan fingerprint density at radius 1 is 1.30 bits per heavy atom. The van der Waals surface area contributed by atoms with E-state index in [1.165, 1.54) is 11.3 Å². The van der Waals surface area contributed by atoms with Crippen LogP contribution in [0.5, 0.6) is 0 Å². The van der Waals surface area contributed by atoms with Gasteiger partial charge in [-0.3, -0.25) is 0 Å². The van der Waals surface area contributed by atoms with Gasteiger partial charge in [-0.25, -0.2) is 13.1 Å². The van der Waals surface area contributed by atoms with Crippen molar-refractivity contribution >= 4 is 21.4 Å². The third kappa shape index (κ3) is 3.35. The van der Waals surface area contributed by atoms with E-state index in [1.807, 2.05) is 30.5 Å². The second-order valence-electron chi connectivity index (χ2n) is 6.27. The van der Waals surface area contributed by atoms with E-state index in [0.29, 0.717) is 5.56 Å². The van der Waals surface area contributed by atoms with E-state index in [9.17, 15) is 13.5 Å². The summed E-state index contributed by atoms with van der Waals surface area (Å²) in [5, 5.41) is 12.9. The molecule has 1 aromatic heterocycles. The summed E-state index contributed by atoms with van der Waals surface area (Å²) in [6, 6.07) is 9.00. The first-order valence-corrected chi connectivity index (χ1v) is 10.0. The molecule has 1 unspecified atom stereocenters. The minimum atomic E-state index is -3.64. The van der Waals surface area contributed by atoms with Crippen molar-refractivity contribution in [3.8, 4) is 0 Å². The molecule has 0 aliphatic heterocycles. The minimum absolute atomic E-state index is 0.00777. The molecule has 2 N–H and O–H groups in total. The monoisotopic (exact) mass is 351 g/mol. The van der Waals surface area contributed by atoms with Crippen LogP contribution in [0.3, 0.4) is 0 Å². The first-order chi connectivity index (χ1) is 10.8. The molecule has 6 heteroatoms. The maximum atomic E-state index is 12.6. The molecule has 0 spiro atoms. The number of sulfonamides is 1. The predicted octanol–water partition coefficient (Wildman–Crippen LogP) is 2.94. The summed E-state index contributed by atoms with van der Waals surface area (Å²) in [4.78, 5) is 1.09. The molecule has 2 aromatic rings. The Morgan fingerprint density at radius 2 is 2.04 bits per heavy atom. The summed E-state index contributed by atoms with van der Waals surface area (Å²) in [6.07, 6.45) is 1.86. The van der Waals surface area contributed by atoms with Gasteiger partial charge < -0.3 is 5.11 Å². The van der Waals surface area contributed by atoms with Crippen LogP contribution in [-0.4, -0.2) is 20.1 Å². The highest BCUT2D eigenvalue weighted by Crippen LogP contribution is 2.46. The maximum absolute atomic E-state index is 12.6. The van der Waals surface area contributed by atoms with Gasteiger partial charge in [0.15, 0.2) is 0 Å². The average Bonchev–Trinajstić information content (AvgIpc) is 3.20. The number of benzene rings is 1.